The molecule has 0 bridgehead atoms. The van der Waals surface area contributed by atoms with Crippen molar-refractivity contribution >= 4 is 28.4 Å². The second-order valence-electron chi connectivity index (χ2n) is 3.37. The molecule has 16 heavy (non-hydrogen) atoms. The number of pyridine rings is 1. The number of hydrogen-bond acceptors (Lipinski definition) is 3. The summed E-state index contributed by atoms with van der Waals surface area (Å²) in [5, 5.41) is 0.409. The molecular weight excluding hydrogens is 226 g/mol. The fraction of sp³-hybridized carbons (Fsp3) is 0.273. The highest BCUT2D eigenvalue weighted by Gasteiger charge is 2.12. The number of ether oxygens (including phenoxy) is 1. The molecule has 84 valence electrons. The molecule has 0 fully saturated rings. The Balaban J connectivity index is 2.64. The molecule has 0 aromatic carbocycles. The first-order valence-corrected chi connectivity index (χ1v) is 5.31. The number of hydrogen-bond donors (Lipinski definition) is 0. The predicted molar refractivity (Wildman–Crippen MR) is 64.2 cm³/mol. The first-order valence-electron chi connectivity index (χ1n) is 4.93. The number of imidazole rings is 1. The van der Waals surface area contributed by atoms with Gasteiger partial charge in [-0.05, 0) is 6.92 Å². The van der Waals surface area contributed by atoms with E-state index < -0.39 is 0 Å². The molecule has 0 aliphatic carbocycles. The van der Waals surface area contributed by atoms with Crippen LogP contribution in [-0.4, -0.2) is 21.1 Å². The zero-order valence-corrected chi connectivity index (χ0v) is 9.95. The van der Waals surface area contributed by atoms with Crippen LogP contribution in [0.5, 0.6) is 0 Å². The van der Waals surface area contributed by atoms with Crippen molar-refractivity contribution in [3.8, 4) is 0 Å². The van der Waals surface area contributed by atoms with Crippen molar-refractivity contribution in [2.45, 2.75) is 6.92 Å². The minimum Gasteiger partial charge on any atom is -0.492 e. The molecule has 5 heteroatoms. The summed E-state index contributed by atoms with van der Waals surface area (Å²) in [7, 11) is 1.90. The third-order valence-corrected chi connectivity index (χ3v) is 2.46. The number of halogens is 1. The van der Waals surface area contributed by atoms with E-state index in [2.05, 4.69) is 16.5 Å². The van der Waals surface area contributed by atoms with Gasteiger partial charge in [0.15, 0.2) is 0 Å². The van der Waals surface area contributed by atoms with Crippen molar-refractivity contribution < 1.29 is 4.74 Å². The van der Waals surface area contributed by atoms with Gasteiger partial charge in [0.25, 0.3) is 0 Å². The zero-order chi connectivity index (χ0) is 11.7. The SMILES string of the molecule is C=C(OCC)c1nc(Cl)cc2c1ncn2C. The number of aryl methyl sites for hydroxylation is 1. The van der Waals surface area contributed by atoms with E-state index in [1.54, 1.807) is 12.4 Å². The highest BCUT2D eigenvalue weighted by Crippen LogP contribution is 2.24. The lowest BCUT2D eigenvalue weighted by molar-refractivity contribution is 0.298. The van der Waals surface area contributed by atoms with Crippen LogP contribution >= 0.6 is 11.6 Å². The van der Waals surface area contributed by atoms with E-state index >= 15 is 0 Å². The van der Waals surface area contributed by atoms with Crippen molar-refractivity contribution in [3.63, 3.8) is 0 Å². The van der Waals surface area contributed by atoms with Gasteiger partial charge in [0, 0.05) is 13.1 Å². The first kappa shape index (κ1) is 11.0. The van der Waals surface area contributed by atoms with Gasteiger partial charge in [-0.1, -0.05) is 18.2 Å². The molecule has 0 saturated heterocycles. The maximum Gasteiger partial charge on any atom is 0.140 e. The van der Waals surface area contributed by atoms with E-state index in [1.807, 2.05) is 18.5 Å². The highest BCUT2D eigenvalue weighted by atomic mass is 35.5. The fourth-order valence-corrected chi connectivity index (χ4v) is 1.72. The third kappa shape index (κ3) is 1.76. The number of nitrogens with zero attached hydrogens (tertiary/aromatic N) is 3. The fourth-order valence-electron chi connectivity index (χ4n) is 1.53. The monoisotopic (exact) mass is 237 g/mol. The summed E-state index contributed by atoms with van der Waals surface area (Å²) < 4.78 is 7.22. The molecule has 0 aliphatic heterocycles. The van der Waals surface area contributed by atoms with Crippen LogP contribution in [0.3, 0.4) is 0 Å². The van der Waals surface area contributed by atoms with Crippen LogP contribution < -0.4 is 0 Å². The van der Waals surface area contributed by atoms with Gasteiger partial charge in [0.2, 0.25) is 0 Å². The summed E-state index contributed by atoms with van der Waals surface area (Å²) >= 11 is 5.95. The Morgan fingerprint density at radius 2 is 2.38 bits per heavy atom. The van der Waals surface area contributed by atoms with Crippen LogP contribution in [0.15, 0.2) is 19.0 Å². The van der Waals surface area contributed by atoms with E-state index in [4.69, 9.17) is 16.3 Å². The van der Waals surface area contributed by atoms with Crippen LogP contribution in [0.4, 0.5) is 0 Å². The molecule has 0 spiro atoms. The van der Waals surface area contributed by atoms with Gasteiger partial charge in [-0.25, -0.2) is 9.97 Å². The smallest absolute Gasteiger partial charge is 0.140 e. The lowest BCUT2D eigenvalue weighted by Gasteiger charge is -2.07. The van der Waals surface area contributed by atoms with E-state index in [-0.39, 0.29) is 0 Å². The summed E-state index contributed by atoms with van der Waals surface area (Å²) in [6.45, 7) is 6.26. The molecule has 2 rings (SSSR count). The van der Waals surface area contributed by atoms with Crippen LogP contribution in [0.25, 0.3) is 16.8 Å². The van der Waals surface area contributed by atoms with Crippen LogP contribution in [-0.2, 0) is 11.8 Å². The summed E-state index contributed by atoms with van der Waals surface area (Å²) in [5.74, 6) is 0.494. The first-order chi connectivity index (χ1) is 7.63. The van der Waals surface area contributed by atoms with Crippen molar-refractivity contribution in [3.05, 3.63) is 29.8 Å². The molecular formula is C11H12ClN3O. The average Bonchev–Trinajstić information content (AvgIpc) is 2.60. The average molecular weight is 238 g/mol. The topological polar surface area (TPSA) is 39.9 Å². The number of fused-ring (bicyclic) bond motifs is 1. The molecule has 4 nitrogen and oxygen atoms in total. The molecule has 0 saturated carbocycles. The summed E-state index contributed by atoms with van der Waals surface area (Å²) in [5.41, 5.74) is 2.27. The Morgan fingerprint density at radius 1 is 1.62 bits per heavy atom. The molecule has 0 atom stereocenters. The maximum absolute atomic E-state index is 5.95. The van der Waals surface area contributed by atoms with Gasteiger partial charge in [-0.3, -0.25) is 0 Å². The predicted octanol–water partition coefficient (Wildman–Crippen LogP) is 2.63. The molecule has 0 amide bonds. The van der Waals surface area contributed by atoms with Gasteiger partial charge in [0.05, 0.1) is 18.5 Å². The lowest BCUT2D eigenvalue weighted by Crippen LogP contribution is -1.96. The third-order valence-electron chi connectivity index (χ3n) is 2.26. The maximum atomic E-state index is 5.95. The van der Waals surface area contributed by atoms with E-state index in [9.17, 15) is 0 Å². The highest BCUT2D eigenvalue weighted by molar-refractivity contribution is 6.30. The molecule has 2 aromatic rings. The summed E-state index contributed by atoms with van der Waals surface area (Å²) in [6, 6.07) is 1.77. The Kier molecular flexibility index (Phi) is 2.83. The quantitative estimate of drug-likeness (QED) is 0.609. The zero-order valence-electron chi connectivity index (χ0n) is 9.20. The molecule has 2 heterocycles. The van der Waals surface area contributed by atoms with Gasteiger partial charge in [-0.15, -0.1) is 0 Å². The number of aromatic nitrogens is 3. The van der Waals surface area contributed by atoms with Crippen LogP contribution in [0.2, 0.25) is 5.15 Å². The van der Waals surface area contributed by atoms with Crippen LogP contribution in [0.1, 0.15) is 12.6 Å². The second kappa shape index (κ2) is 4.14. The molecule has 0 radical (unpaired) electrons. The van der Waals surface area contributed by atoms with Gasteiger partial charge in [0.1, 0.15) is 22.1 Å². The Labute approximate surface area is 98.5 Å². The molecule has 0 aliphatic rings. The van der Waals surface area contributed by atoms with Crippen molar-refractivity contribution in [2.24, 2.45) is 7.05 Å². The van der Waals surface area contributed by atoms with Crippen molar-refractivity contribution in [2.75, 3.05) is 6.61 Å². The molecule has 0 unspecified atom stereocenters. The van der Waals surface area contributed by atoms with Crippen LogP contribution in [0, 0.1) is 0 Å². The van der Waals surface area contributed by atoms with Crippen molar-refractivity contribution in [1.29, 1.82) is 0 Å². The lowest BCUT2D eigenvalue weighted by atomic mass is 10.2. The van der Waals surface area contributed by atoms with E-state index in [0.29, 0.717) is 23.2 Å². The van der Waals surface area contributed by atoms with Gasteiger partial charge in [-0.2, -0.15) is 0 Å². The summed E-state index contributed by atoms with van der Waals surface area (Å²) in [4.78, 5) is 8.46. The minimum atomic E-state index is 0.409. The standard InChI is InChI=1S/C11H12ClN3O/c1-4-16-7(2)10-11-8(5-9(12)14-10)15(3)6-13-11/h5-6H,2,4H2,1,3H3. The minimum absolute atomic E-state index is 0.409. The normalized spacial score (nSPS) is 10.7. The van der Waals surface area contributed by atoms with Gasteiger partial charge < -0.3 is 9.30 Å². The Morgan fingerprint density at radius 3 is 3.06 bits per heavy atom. The Bertz CT molecular complexity index is 547. The molecule has 2 aromatic heterocycles. The molecule has 0 N–H and O–H groups in total. The van der Waals surface area contributed by atoms with Crippen molar-refractivity contribution in [1.82, 2.24) is 14.5 Å². The Hall–Kier alpha value is -1.55. The number of rotatable bonds is 3. The van der Waals surface area contributed by atoms with Gasteiger partial charge >= 0.3 is 0 Å². The summed E-state index contributed by atoms with van der Waals surface area (Å²) in [6.07, 6.45) is 1.71. The second-order valence-corrected chi connectivity index (χ2v) is 3.76. The van der Waals surface area contributed by atoms with E-state index in [0.717, 1.165) is 11.0 Å². The van der Waals surface area contributed by atoms with E-state index in [1.165, 1.54) is 0 Å². The largest absolute Gasteiger partial charge is 0.492 e.